The first-order valence-corrected chi connectivity index (χ1v) is 7.27. The number of pyridine rings is 1. The molecular formula is C17H13N3O3. The van der Waals surface area contributed by atoms with Crippen molar-refractivity contribution in [3.05, 3.63) is 54.6 Å². The molecule has 0 unspecified atom stereocenters. The molecule has 6 nitrogen and oxygen atoms in total. The lowest BCUT2D eigenvalue weighted by Crippen LogP contribution is -2.31. The molecule has 0 radical (unpaired) electrons. The van der Waals surface area contributed by atoms with Crippen LogP contribution in [0.2, 0.25) is 0 Å². The lowest BCUT2D eigenvalue weighted by Gasteiger charge is -2.20. The molecule has 0 saturated heterocycles. The molecule has 1 aromatic carbocycles. The van der Waals surface area contributed by atoms with Crippen molar-refractivity contribution in [1.29, 1.82) is 0 Å². The molecular weight excluding hydrogens is 294 g/mol. The Morgan fingerprint density at radius 3 is 3.00 bits per heavy atom. The third kappa shape index (κ3) is 2.34. The minimum Gasteiger partial charge on any atom is -0.451 e. The van der Waals surface area contributed by atoms with Crippen LogP contribution in [0.15, 0.2) is 53.2 Å². The van der Waals surface area contributed by atoms with Crippen molar-refractivity contribution < 1.29 is 14.0 Å². The molecule has 0 spiro atoms. The quantitative estimate of drug-likeness (QED) is 0.750. The normalized spacial score (nSPS) is 14.3. The van der Waals surface area contributed by atoms with Crippen LogP contribution in [0.4, 0.5) is 11.4 Å². The van der Waals surface area contributed by atoms with E-state index in [9.17, 15) is 9.59 Å². The highest BCUT2D eigenvalue weighted by Gasteiger charge is 2.27. The van der Waals surface area contributed by atoms with Gasteiger partial charge in [0, 0.05) is 24.5 Å². The van der Waals surface area contributed by atoms with Crippen LogP contribution < -0.4 is 10.2 Å². The lowest BCUT2D eigenvalue weighted by molar-refractivity contribution is -0.115. The van der Waals surface area contributed by atoms with Crippen molar-refractivity contribution in [3.8, 4) is 0 Å². The highest BCUT2D eigenvalue weighted by molar-refractivity contribution is 6.10. The summed E-state index contributed by atoms with van der Waals surface area (Å²) in [4.78, 5) is 30.2. The predicted molar refractivity (Wildman–Crippen MR) is 85.4 cm³/mol. The molecule has 4 rings (SSSR count). The largest absolute Gasteiger partial charge is 0.451 e. The lowest BCUT2D eigenvalue weighted by atomic mass is 10.2. The van der Waals surface area contributed by atoms with Gasteiger partial charge in [0.2, 0.25) is 5.91 Å². The highest BCUT2D eigenvalue weighted by atomic mass is 16.3. The number of benzene rings is 1. The number of furan rings is 1. The fourth-order valence-electron chi connectivity index (χ4n) is 2.68. The zero-order chi connectivity index (χ0) is 15.8. The van der Waals surface area contributed by atoms with Gasteiger partial charge in [0.25, 0.3) is 5.91 Å². The van der Waals surface area contributed by atoms with Gasteiger partial charge < -0.3 is 14.6 Å². The molecule has 0 atom stereocenters. The van der Waals surface area contributed by atoms with Crippen molar-refractivity contribution in [2.24, 2.45) is 0 Å². The Kier molecular flexibility index (Phi) is 3.08. The Morgan fingerprint density at radius 2 is 2.13 bits per heavy atom. The first-order chi connectivity index (χ1) is 11.2. The highest BCUT2D eigenvalue weighted by Crippen LogP contribution is 2.30. The number of nitrogens with zero attached hydrogens (tertiary/aromatic N) is 2. The van der Waals surface area contributed by atoms with Crippen LogP contribution >= 0.6 is 0 Å². The van der Waals surface area contributed by atoms with E-state index in [1.807, 2.05) is 24.3 Å². The van der Waals surface area contributed by atoms with Crippen LogP contribution in [0.5, 0.6) is 0 Å². The molecule has 1 aliphatic heterocycles. The zero-order valence-corrected chi connectivity index (χ0v) is 12.2. The topological polar surface area (TPSA) is 75.4 Å². The Labute approximate surface area is 131 Å². The van der Waals surface area contributed by atoms with Crippen LogP contribution in [-0.4, -0.2) is 23.3 Å². The average Bonchev–Trinajstić information content (AvgIpc) is 2.92. The van der Waals surface area contributed by atoms with Crippen LogP contribution in [-0.2, 0) is 4.79 Å². The maximum Gasteiger partial charge on any atom is 0.294 e. The number of anilines is 2. The number of fused-ring (bicyclic) bond motifs is 2. The van der Waals surface area contributed by atoms with E-state index in [4.69, 9.17) is 4.42 Å². The van der Waals surface area contributed by atoms with Crippen molar-refractivity contribution >= 4 is 34.2 Å². The van der Waals surface area contributed by atoms with E-state index >= 15 is 0 Å². The number of amides is 2. The number of hydrogen-bond donors (Lipinski definition) is 1. The predicted octanol–water partition coefficient (Wildman–Crippen LogP) is 2.82. The minimum atomic E-state index is -0.285. The van der Waals surface area contributed by atoms with E-state index in [0.717, 1.165) is 5.39 Å². The molecule has 0 aliphatic carbocycles. The summed E-state index contributed by atoms with van der Waals surface area (Å²) >= 11 is 0. The van der Waals surface area contributed by atoms with Gasteiger partial charge in [-0.1, -0.05) is 18.2 Å². The maximum absolute atomic E-state index is 12.9. The average molecular weight is 307 g/mol. The number of carbonyl (C=O) groups is 2. The molecule has 1 aliphatic rings. The number of para-hydroxylation sites is 1. The summed E-state index contributed by atoms with van der Waals surface area (Å²) in [5.74, 6) is -0.167. The Bertz CT molecular complexity index is 883. The molecule has 1 N–H and O–H groups in total. The van der Waals surface area contributed by atoms with Gasteiger partial charge in [-0.15, -0.1) is 0 Å². The SMILES string of the molecule is O=C1CCN(C(=O)c2cc3ccccc3o2)c2cnccc2N1. The van der Waals surface area contributed by atoms with Crippen LogP contribution in [0.3, 0.4) is 0 Å². The van der Waals surface area contributed by atoms with Crippen molar-refractivity contribution in [3.63, 3.8) is 0 Å². The van der Waals surface area contributed by atoms with Gasteiger partial charge in [0.05, 0.1) is 17.6 Å². The summed E-state index contributed by atoms with van der Waals surface area (Å²) in [5.41, 5.74) is 1.81. The number of hydrogen-bond acceptors (Lipinski definition) is 4. The fraction of sp³-hybridized carbons (Fsp3) is 0.118. The molecule has 114 valence electrons. The summed E-state index contributed by atoms with van der Waals surface area (Å²) in [6.07, 6.45) is 3.37. The first-order valence-electron chi connectivity index (χ1n) is 7.27. The van der Waals surface area contributed by atoms with Gasteiger partial charge in [-0.25, -0.2) is 0 Å². The Balaban J connectivity index is 1.77. The molecule has 0 saturated carbocycles. The third-order valence-electron chi connectivity index (χ3n) is 3.81. The molecule has 2 amide bonds. The van der Waals surface area contributed by atoms with E-state index in [2.05, 4.69) is 10.3 Å². The number of nitrogens with one attached hydrogen (secondary N) is 1. The molecule has 0 fully saturated rings. The smallest absolute Gasteiger partial charge is 0.294 e. The molecule has 3 heterocycles. The summed E-state index contributed by atoms with van der Waals surface area (Å²) < 4.78 is 5.65. The van der Waals surface area contributed by atoms with Crippen molar-refractivity contribution in [1.82, 2.24) is 4.98 Å². The summed E-state index contributed by atoms with van der Waals surface area (Å²) in [5, 5.41) is 3.65. The van der Waals surface area contributed by atoms with E-state index in [-0.39, 0.29) is 30.5 Å². The van der Waals surface area contributed by atoms with Gasteiger partial charge in [-0.2, -0.15) is 0 Å². The van der Waals surface area contributed by atoms with Crippen LogP contribution in [0.1, 0.15) is 17.0 Å². The van der Waals surface area contributed by atoms with E-state index in [0.29, 0.717) is 17.0 Å². The summed E-state index contributed by atoms with van der Waals surface area (Å²) in [6.45, 7) is 0.278. The monoisotopic (exact) mass is 307 g/mol. The Hall–Kier alpha value is -3.15. The number of aromatic nitrogens is 1. The second kappa shape index (κ2) is 5.24. The van der Waals surface area contributed by atoms with Gasteiger partial charge >= 0.3 is 0 Å². The molecule has 6 heteroatoms. The fourth-order valence-corrected chi connectivity index (χ4v) is 2.68. The first kappa shape index (κ1) is 13.5. The second-order valence-corrected chi connectivity index (χ2v) is 5.30. The minimum absolute atomic E-state index is 0.127. The molecule has 2 aromatic heterocycles. The van der Waals surface area contributed by atoms with E-state index in [1.54, 1.807) is 24.5 Å². The summed E-state index contributed by atoms with van der Waals surface area (Å²) in [6, 6.07) is 10.8. The Morgan fingerprint density at radius 1 is 1.26 bits per heavy atom. The summed E-state index contributed by atoms with van der Waals surface area (Å²) in [7, 11) is 0. The zero-order valence-electron chi connectivity index (χ0n) is 12.2. The van der Waals surface area contributed by atoms with Gasteiger partial charge in [-0.05, 0) is 18.2 Å². The third-order valence-corrected chi connectivity index (χ3v) is 3.81. The maximum atomic E-state index is 12.9. The molecule has 0 bridgehead atoms. The van der Waals surface area contributed by atoms with Crippen molar-refractivity contribution in [2.45, 2.75) is 6.42 Å². The standard InChI is InChI=1S/C17H13N3O3/c21-16-6-8-20(13-10-18-7-5-12(13)19-16)17(22)15-9-11-3-1-2-4-14(11)23-15/h1-5,7,9-10H,6,8H2,(H,19,21). The van der Waals surface area contributed by atoms with Crippen molar-refractivity contribution in [2.75, 3.05) is 16.8 Å². The van der Waals surface area contributed by atoms with Gasteiger partial charge in [0.1, 0.15) is 5.58 Å². The molecule has 23 heavy (non-hydrogen) atoms. The van der Waals surface area contributed by atoms with Crippen LogP contribution in [0.25, 0.3) is 11.0 Å². The molecule has 3 aromatic rings. The second-order valence-electron chi connectivity index (χ2n) is 5.30. The number of rotatable bonds is 1. The van der Waals surface area contributed by atoms with E-state index in [1.165, 1.54) is 4.90 Å². The number of carbonyl (C=O) groups excluding carboxylic acids is 2. The van der Waals surface area contributed by atoms with Gasteiger partial charge in [0.15, 0.2) is 5.76 Å². The van der Waals surface area contributed by atoms with E-state index < -0.39 is 0 Å². The van der Waals surface area contributed by atoms with Crippen LogP contribution in [0, 0.1) is 0 Å². The van der Waals surface area contributed by atoms with Gasteiger partial charge in [-0.3, -0.25) is 14.6 Å².